The van der Waals surface area contributed by atoms with E-state index in [0.717, 1.165) is 18.5 Å². The molecule has 0 radical (unpaired) electrons. The zero-order valence-electron chi connectivity index (χ0n) is 8.83. The SMILES string of the molecule is O=C(CCl)N1CCC(c2cc(=O)[nH][nH]2)CC1. The lowest BCUT2D eigenvalue weighted by molar-refractivity contribution is -0.129. The lowest BCUT2D eigenvalue weighted by Gasteiger charge is -2.31. The molecular formula is C10H14ClN3O2. The van der Waals surface area contributed by atoms with Crippen molar-refractivity contribution in [3.63, 3.8) is 0 Å². The van der Waals surface area contributed by atoms with Crippen molar-refractivity contribution in [3.8, 4) is 0 Å². The van der Waals surface area contributed by atoms with Gasteiger partial charge in [-0.2, -0.15) is 0 Å². The average Bonchev–Trinajstić information content (AvgIpc) is 2.75. The van der Waals surface area contributed by atoms with Gasteiger partial charge in [0.25, 0.3) is 5.56 Å². The molecule has 16 heavy (non-hydrogen) atoms. The number of amides is 1. The summed E-state index contributed by atoms with van der Waals surface area (Å²) in [7, 11) is 0. The molecular weight excluding hydrogens is 230 g/mol. The van der Waals surface area contributed by atoms with Crippen LogP contribution in [0.4, 0.5) is 0 Å². The van der Waals surface area contributed by atoms with Crippen LogP contribution in [0.5, 0.6) is 0 Å². The lowest BCUT2D eigenvalue weighted by atomic mass is 9.94. The Balaban J connectivity index is 1.95. The summed E-state index contributed by atoms with van der Waals surface area (Å²) in [4.78, 5) is 24.1. The van der Waals surface area contributed by atoms with E-state index in [4.69, 9.17) is 11.6 Å². The van der Waals surface area contributed by atoms with E-state index in [1.54, 1.807) is 11.0 Å². The van der Waals surface area contributed by atoms with Gasteiger partial charge < -0.3 is 10.00 Å². The van der Waals surface area contributed by atoms with Crippen molar-refractivity contribution >= 4 is 17.5 Å². The zero-order chi connectivity index (χ0) is 11.5. The maximum absolute atomic E-state index is 11.3. The van der Waals surface area contributed by atoms with Crippen LogP contribution >= 0.6 is 11.6 Å². The first-order valence-electron chi connectivity index (χ1n) is 5.32. The Morgan fingerprint density at radius 1 is 1.44 bits per heavy atom. The van der Waals surface area contributed by atoms with Crippen LogP contribution in [-0.2, 0) is 4.79 Å². The highest BCUT2D eigenvalue weighted by Gasteiger charge is 2.24. The molecule has 0 bridgehead atoms. The van der Waals surface area contributed by atoms with Gasteiger partial charge in [0.05, 0.1) is 0 Å². The highest BCUT2D eigenvalue weighted by atomic mass is 35.5. The molecule has 1 aliphatic rings. The van der Waals surface area contributed by atoms with Crippen LogP contribution < -0.4 is 5.56 Å². The summed E-state index contributed by atoms with van der Waals surface area (Å²) >= 11 is 5.50. The van der Waals surface area contributed by atoms with E-state index in [2.05, 4.69) is 10.2 Å². The molecule has 0 aromatic carbocycles. The summed E-state index contributed by atoms with van der Waals surface area (Å²) < 4.78 is 0. The molecule has 0 atom stereocenters. The third-order valence-electron chi connectivity index (χ3n) is 3.02. The molecule has 1 aromatic rings. The zero-order valence-corrected chi connectivity index (χ0v) is 9.59. The molecule has 5 nitrogen and oxygen atoms in total. The second-order valence-electron chi connectivity index (χ2n) is 4.00. The van der Waals surface area contributed by atoms with E-state index >= 15 is 0 Å². The van der Waals surface area contributed by atoms with Crippen LogP contribution in [0, 0.1) is 0 Å². The quantitative estimate of drug-likeness (QED) is 0.749. The summed E-state index contributed by atoms with van der Waals surface area (Å²) in [5.41, 5.74) is 0.831. The Bertz CT molecular complexity index is 418. The van der Waals surface area contributed by atoms with Gasteiger partial charge in [0.1, 0.15) is 5.88 Å². The normalized spacial score (nSPS) is 17.7. The van der Waals surface area contributed by atoms with Crippen LogP contribution in [0.2, 0.25) is 0 Å². The van der Waals surface area contributed by atoms with Gasteiger partial charge in [-0.05, 0) is 12.8 Å². The number of likely N-dealkylation sites (tertiary alicyclic amines) is 1. The first kappa shape index (κ1) is 11.3. The molecule has 0 saturated carbocycles. The number of aromatic amines is 2. The van der Waals surface area contributed by atoms with Gasteiger partial charge in [-0.3, -0.25) is 14.7 Å². The highest BCUT2D eigenvalue weighted by Crippen LogP contribution is 2.25. The number of carbonyl (C=O) groups excluding carboxylic acids is 1. The lowest BCUT2D eigenvalue weighted by Crippen LogP contribution is -2.38. The molecule has 1 aromatic heterocycles. The number of hydrogen-bond donors (Lipinski definition) is 2. The number of carbonyl (C=O) groups is 1. The van der Waals surface area contributed by atoms with Crippen LogP contribution in [0.1, 0.15) is 24.5 Å². The van der Waals surface area contributed by atoms with Crippen molar-refractivity contribution in [1.82, 2.24) is 15.1 Å². The van der Waals surface area contributed by atoms with Gasteiger partial charge in [0.15, 0.2) is 0 Å². The maximum atomic E-state index is 11.3. The van der Waals surface area contributed by atoms with Crippen molar-refractivity contribution < 1.29 is 4.79 Å². The molecule has 1 aliphatic heterocycles. The summed E-state index contributed by atoms with van der Waals surface area (Å²) in [6.45, 7) is 1.42. The van der Waals surface area contributed by atoms with Gasteiger partial charge in [-0.1, -0.05) is 0 Å². The number of nitrogens with zero attached hydrogens (tertiary/aromatic N) is 1. The van der Waals surface area contributed by atoms with E-state index in [9.17, 15) is 9.59 Å². The van der Waals surface area contributed by atoms with Crippen molar-refractivity contribution in [1.29, 1.82) is 0 Å². The molecule has 0 aliphatic carbocycles. The van der Waals surface area contributed by atoms with Gasteiger partial charge in [0.2, 0.25) is 5.91 Å². The van der Waals surface area contributed by atoms with Crippen LogP contribution in [0.3, 0.4) is 0 Å². The summed E-state index contributed by atoms with van der Waals surface area (Å²) in [6.07, 6.45) is 1.74. The molecule has 0 unspecified atom stereocenters. The van der Waals surface area contributed by atoms with Crippen molar-refractivity contribution in [2.45, 2.75) is 18.8 Å². The fraction of sp³-hybridized carbons (Fsp3) is 0.600. The Labute approximate surface area is 97.8 Å². The Morgan fingerprint density at radius 2 is 2.12 bits per heavy atom. The minimum absolute atomic E-state index is 0.0114. The van der Waals surface area contributed by atoms with Crippen LogP contribution in [0.15, 0.2) is 10.9 Å². The number of alkyl halides is 1. The van der Waals surface area contributed by atoms with E-state index in [0.29, 0.717) is 19.0 Å². The second-order valence-corrected chi connectivity index (χ2v) is 4.27. The number of nitrogens with one attached hydrogen (secondary N) is 2. The molecule has 88 valence electrons. The summed E-state index contributed by atoms with van der Waals surface area (Å²) in [6, 6.07) is 1.59. The molecule has 1 saturated heterocycles. The molecule has 1 fully saturated rings. The average molecular weight is 244 g/mol. The monoisotopic (exact) mass is 243 g/mol. The minimum Gasteiger partial charge on any atom is -0.342 e. The van der Waals surface area contributed by atoms with Gasteiger partial charge in [-0.15, -0.1) is 11.6 Å². The summed E-state index contributed by atoms with van der Waals surface area (Å²) in [5.74, 6) is 0.368. The topological polar surface area (TPSA) is 69.0 Å². The highest BCUT2D eigenvalue weighted by molar-refractivity contribution is 6.27. The maximum Gasteiger partial charge on any atom is 0.264 e. The smallest absolute Gasteiger partial charge is 0.264 e. The van der Waals surface area contributed by atoms with Crippen molar-refractivity contribution in [3.05, 3.63) is 22.1 Å². The van der Waals surface area contributed by atoms with Crippen LogP contribution in [0.25, 0.3) is 0 Å². The number of rotatable bonds is 2. The minimum atomic E-state index is -0.103. The number of halogens is 1. The van der Waals surface area contributed by atoms with Crippen LogP contribution in [-0.4, -0.2) is 40.0 Å². The Morgan fingerprint density at radius 3 is 2.62 bits per heavy atom. The third kappa shape index (κ3) is 2.29. The van der Waals surface area contributed by atoms with E-state index in [1.807, 2.05) is 0 Å². The predicted octanol–water partition coefficient (Wildman–Crippen LogP) is 0.648. The van der Waals surface area contributed by atoms with E-state index < -0.39 is 0 Å². The molecule has 1 amide bonds. The summed E-state index contributed by atoms with van der Waals surface area (Å²) in [5, 5.41) is 5.40. The molecule has 2 rings (SSSR count). The Hall–Kier alpha value is -1.23. The van der Waals surface area contributed by atoms with E-state index in [-0.39, 0.29) is 17.3 Å². The van der Waals surface area contributed by atoms with Gasteiger partial charge >= 0.3 is 0 Å². The number of aromatic nitrogens is 2. The van der Waals surface area contributed by atoms with Gasteiger partial charge in [0, 0.05) is 30.8 Å². The van der Waals surface area contributed by atoms with Gasteiger partial charge in [-0.25, -0.2) is 0 Å². The molecule has 2 heterocycles. The second kappa shape index (κ2) is 4.74. The number of H-pyrrole nitrogens is 2. The fourth-order valence-electron chi connectivity index (χ4n) is 2.09. The predicted molar refractivity (Wildman–Crippen MR) is 60.7 cm³/mol. The van der Waals surface area contributed by atoms with E-state index in [1.165, 1.54) is 0 Å². The molecule has 0 spiro atoms. The Kier molecular flexibility index (Phi) is 3.33. The van der Waals surface area contributed by atoms with Crippen molar-refractivity contribution in [2.75, 3.05) is 19.0 Å². The molecule has 6 heteroatoms. The number of hydrogen-bond acceptors (Lipinski definition) is 2. The first-order valence-corrected chi connectivity index (χ1v) is 5.85. The largest absolute Gasteiger partial charge is 0.342 e. The fourth-order valence-corrected chi connectivity index (χ4v) is 2.26. The third-order valence-corrected chi connectivity index (χ3v) is 3.25. The molecule has 2 N–H and O–H groups in total. The standard InChI is InChI=1S/C10H14ClN3O2/c11-6-10(16)14-3-1-7(2-4-14)8-5-9(15)13-12-8/h5,7H,1-4,6H2,(H2,12,13,15). The van der Waals surface area contributed by atoms with Crippen molar-refractivity contribution in [2.24, 2.45) is 0 Å². The first-order chi connectivity index (χ1) is 7.70. The number of piperidine rings is 1.